The normalized spacial score (nSPS) is 14.2. The Kier molecular flexibility index (Phi) is 4.97. The maximum absolute atomic E-state index is 11.0. The molecule has 6 heteroatoms. The number of aliphatic hydroxyl groups is 1. The molecule has 106 valence electrons. The number of aryl methyl sites for hydroxylation is 1. The second kappa shape index (κ2) is 6.08. The van der Waals surface area contributed by atoms with Gasteiger partial charge in [0.25, 0.3) is 5.69 Å². The average molecular weight is 267 g/mol. The highest BCUT2D eigenvalue weighted by molar-refractivity contribution is 5.47. The molecular formula is C13H21N3O3. The molecule has 0 amide bonds. The molecule has 0 saturated carbocycles. The molecule has 0 spiro atoms. The Hall–Kier alpha value is -1.53. The molecule has 6 nitrogen and oxygen atoms in total. The van der Waals surface area contributed by atoms with Crippen molar-refractivity contribution >= 4 is 5.69 Å². The molecule has 0 radical (unpaired) electrons. The molecular weight excluding hydrogens is 246 g/mol. The molecule has 2 N–H and O–H groups in total. The molecule has 0 aliphatic heterocycles. The monoisotopic (exact) mass is 267 g/mol. The molecule has 1 heterocycles. The highest BCUT2D eigenvalue weighted by Crippen LogP contribution is 2.24. The Balaban J connectivity index is 2.98. The van der Waals surface area contributed by atoms with Gasteiger partial charge in [-0.05, 0) is 27.2 Å². The zero-order valence-electron chi connectivity index (χ0n) is 11.9. The minimum Gasteiger partial charge on any atom is -0.394 e. The van der Waals surface area contributed by atoms with E-state index in [0.29, 0.717) is 23.4 Å². The Morgan fingerprint density at radius 3 is 2.63 bits per heavy atom. The van der Waals surface area contributed by atoms with Gasteiger partial charge in [0.1, 0.15) is 0 Å². The number of aliphatic hydroxyl groups excluding tert-OH is 1. The van der Waals surface area contributed by atoms with Crippen molar-refractivity contribution < 1.29 is 10.0 Å². The van der Waals surface area contributed by atoms with E-state index in [9.17, 15) is 15.2 Å². The van der Waals surface area contributed by atoms with Crippen molar-refractivity contribution in [2.45, 2.75) is 46.2 Å². The second-order valence-corrected chi connectivity index (χ2v) is 5.04. The number of nitrogens with one attached hydrogen (secondary N) is 1. The Bertz CT molecular complexity index is 470. The highest BCUT2D eigenvalue weighted by Gasteiger charge is 2.23. The van der Waals surface area contributed by atoms with Crippen LogP contribution >= 0.6 is 0 Å². The first kappa shape index (κ1) is 15.5. The molecule has 0 bridgehead atoms. The van der Waals surface area contributed by atoms with Crippen molar-refractivity contribution in [3.05, 3.63) is 33.1 Å². The third-order valence-electron chi connectivity index (χ3n) is 3.57. The Morgan fingerprint density at radius 1 is 1.53 bits per heavy atom. The fraction of sp³-hybridized carbons (Fsp3) is 0.615. The summed E-state index contributed by atoms with van der Waals surface area (Å²) >= 11 is 0. The van der Waals surface area contributed by atoms with E-state index >= 15 is 0 Å². The minimum atomic E-state index is -0.395. The third-order valence-corrected chi connectivity index (χ3v) is 3.57. The number of pyridine rings is 1. The first-order valence-electron chi connectivity index (χ1n) is 6.30. The maximum atomic E-state index is 11.0. The summed E-state index contributed by atoms with van der Waals surface area (Å²) in [6, 6.07) is 0. The van der Waals surface area contributed by atoms with Gasteiger partial charge in [-0.1, -0.05) is 6.92 Å². The fourth-order valence-electron chi connectivity index (χ4n) is 1.81. The molecule has 1 rings (SSSR count). The number of aromatic nitrogens is 1. The van der Waals surface area contributed by atoms with Crippen LogP contribution in [0.25, 0.3) is 0 Å². The third kappa shape index (κ3) is 3.48. The van der Waals surface area contributed by atoms with Crippen molar-refractivity contribution in [3.63, 3.8) is 0 Å². The van der Waals surface area contributed by atoms with Gasteiger partial charge in [0, 0.05) is 29.4 Å². The number of rotatable bonds is 6. The molecule has 0 aliphatic carbocycles. The van der Waals surface area contributed by atoms with E-state index in [4.69, 9.17) is 0 Å². The lowest BCUT2D eigenvalue weighted by atomic mass is 10.00. The van der Waals surface area contributed by atoms with E-state index in [1.54, 1.807) is 13.8 Å². The largest absolute Gasteiger partial charge is 0.394 e. The van der Waals surface area contributed by atoms with Gasteiger partial charge >= 0.3 is 0 Å². The lowest BCUT2D eigenvalue weighted by molar-refractivity contribution is -0.386. The highest BCUT2D eigenvalue weighted by atomic mass is 16.6. The summed E-state index contributed by atoms with van der Waals surface area (Å²) in [6.45, 7) is 7.68. The van der Waals surface area contributed by atoms with E-state index < -0.39 is 5.54 Å². The van der Waals surface area contributed by atoms with Gasteiger partial charge in [0.2, 0.25) is 0 Å². The minimum absolute atomic E-state index is 0.0104. The first-order valence-corrected chi connectivity index (χ1v) is 6.30. The van der Waals surface area contributed by atoms with Gasteiger partial charge in [-0.3, -0.25) is 15.1 Å². The number of hydrogen-bond acceptors (Lipinski definition) is 5. The summed E-state index contributed by atoms with van der Waals surface area (Å²) in [5.74, 6) is 0. The van der Waals surface area contributed by atoms with E-state index in [-0.39, 0.29) is 17.2 Å². The smallest absolute Gasteiger partial charge is 0.278 e. The maximum Gasteiger partial charge on any atom is 0.278 e. The van der Waals surface area contributed by atoms with Crippen molar-refractivity contribution in [2.75, 3.05) is 6.61 Å². The van der Waals surface area contributed by atoms with Gasteiger partial charge in [0.05, 0.1) is 17.2 Å². The number of nitrogens with zero attached hydrogens (tertiary/aromatic N) is 2. The van der Waals surface area contributed by atoms with Crippen LogP contribution in [0.2, 0.25) is 0 Å². The van der Waals surface area contributed by atoms with Crippen LogP contribution in [0, 0.1) is 24.0 Å². The molecule has 1 aromatic rings. The Morgan fingerprint density at radius 2 is 2.16 bits per heavy atom. The van der Waals surface area contributed by atoms with Crippen LogP contribution in [0.1, 0.15) is 37.1 Å². The second-order valence-electron chi connectivity index (χ2n) is 5.04. The van der Waals surface area contributed by atoms with E-state index in [2.05, 4.69) is 10.3 Å². The topological polar surface area (TPSA) is 88.3 Å². The molecule has 1 unspecified atom stereocenters. The summed E-state index contributed by atoms with van der Waals surface area (Å²) in [4.78, 5) is 14.9. The summed E-state index contributed by atoms with van der Waals surface area (Å²) in [5, 5.41) is 23.6. The summed E-state index contributed by atoms with van der Waals surface area (Å²) in [5.41, 5.74) is 1.51. The van der Waals surface area contributed by atoms with Crippen LogP contribution in [0.15, 0.2) is 6.20 Å². The molecule has 0 aromatic carbocycles. The molecule has 1 aromatic heterocycles. The zero-order chi connectivity index (χ0) is 14.6. The lowest BCUT2D eigenvalue weighted by Crippen LogP contribution is -2.44. The van der Waals surface area contributed by atoms with Gasteiger partial charge in [-0.25, -0.2) is 0 Å². The van der Waals surface area contributed by atoms with Crippen molar-refractivity contribution in [1.82, 2.24) is 10.3 Å². The predicted molar refractivity (Wildman–Crippen MR) is 73.0 cm³/mol. The molecule has 0 saturated heterocycles. The predicted octanol–water partition coefficient (Wildman–Crippen LogP) is 1.86. The quantitative estimate of drug-likeness (QED) is 0.606. The van der Waals surface area contributed by atoms with Crippen LogP contribution < -0.4 is 5.32 Å². The van der Waals surface area contributed by atoms with Crippen molar-refractivity contribution in [2.24, 2.45) is 0 Å². The van der Waals surface area contributed by atoms with Crippen LogP contribution in [0.5, 0.6) is 0 Å². The van der Waals surface area contributed by atoms with E-state index in [0.717, 1.165) is 6.42 Å². The molecule has 1 atom stereocenters. The summed E-state index contributed by atoms with van der Waals surface area (Å²) < 4.78 is 0. The van der Waals surface area contributed by atoms with E-state index in [1.807, 2.05) is 13.8 Å². The molecule has 19 heavy (non-hydrogen) atoms. The number of hydrogen-bond donors (Lipinski definition) is 2. The Labute approximate surface area is 113 Å². The van der Waals surface area contributed by atoms with Gasteiger partial charge < -0.3 is 10.4 Å². The zero-order valence-corrected chi connectivity index (χ0v) is 11.9. The molecule has 0 aliphatic rings. The summed E-state index contributed by atoms with van der Waals surface area (Å²) in [6.07, 6.45) is 2.28. The van der Waals surface area contributed by atoms with Crippen LogP contribution in [0.4, 0.5) is 5.69 Å². The summed E-state index contributed by atoms with van der Waals surface area (Å²) in [7, 11) is 0. The van der Waals surface area contributed by atoms with Crippen molar-refractivity contribution in [3.8, 4) is 0 Å². The van der Waals surface area contributed by atoms with Crippen LogP contribution in [0.3, 0.4) is 0 Å². The average Bonchev–Trinajstić information content (AvgIpc) is 2.37. The van der Waals surface area contributed by atoms with Crippen LogP contribution in [-0.4, -0.2) is 27.2 Å². The lowest BCUT2D eigenvalue weighted by Gasteiger charge is -2.27. The van der Waals surface area contributed by atoms with Gasteiger partial charge in [0.15, 0.2) is 0 Å². The SMILES string of the molecule is CCC(C)(CO)NCc1ncc(C)c([N+](=O)[O-])c1C. The number of nitro groups is 1. The fourth-order valence-corrected chi connectivity index (χ4v) is 1.81. The van der Waals surface area contributed by atoms with Gasteiger partial charge in [-0.2, -0.15) is 0 Å². The standard InChI is InChI=1S/C13H21N3O3/c1-5-13(4,8-17)15-7-11-10(3)12(16(18)19)9(2)6-14-11/h6,15,17H,5,7-8H2,1-4H3. The van der Waals surface area contributed by atoms with Crippen LogP contribution in [-0.2, 0) is 6.54 Å². The molecule has 0 fully saturated rings. The van der Waals surface area contributed by atoms with Gasteiger partial charge in [-0.15, -0.1) is 0 Å². The van der Waals surface area contributed by atoms with E-state index in [1.165, 1.54) is 6.20 Å². The first-order chi connectivity index (χ1) is 8.84. The van der Waals surface area contributed by atoms with Crippen molar-refractivity contribution in [1.29, 1.82) is 0 Å².